The van der Waals surface area contributed by atoms with E-state index < -0.39 is 0 Å². The van der Waals surface area contributed by atoms with Gasteiger partial charge >= 0.3 is 0 Å². The van der Waals surface area contributed by atoms with Crippen LogP contribution in [0.1, 0.15) is 43.0 Å². The molecule has 20 heavy (non-hydrogen) atoms. The number of hydrogen-bond donors (Lipinski definition) is 3. The second-order valence-corrected chi connectivity index (χ2v) is 6.33. The van der Waals surface area contributed by atoms with Crippen LogP contribution in [0.5, 0.6) is 11.5 Å². The van der Waals surface area contributed by atoms with Gasteiger partial charge in [-0.05, 0) is 30.9 Å². The van der Waals surface area contributed by atoms with Crippen LogP contribution in [-0.2, 0) is 0 Å². The summed E-state index contributed by atoms with van der Waals surface area (Å²) in [6, 6.07) is 4.02. The number of carbonyl (C=O) groups excluding carboxylic acids is 1. The normalized spacial score (nSPS) is 26.2. The number of carbonyl (C=O) groups is 1. The van der Waals surface area contributed by atoms with Crippen LogP contribution in [0.15, 0.2) is 18.2 Å². The molecule has 0 heterocycles. The van der Waals surface area contributed by atoms with E-state index in [0.717, 1.165) is 19.3 Å². The predicted octanol–water partition coefficient (Wildman–Crippen LogP) is 3.17. The van der Waals surface area contributed by atoms with Crippen LogP contribution in [0, 0.1) is 5.92 Å². The van der Waals surface area contributed by atoms with Crippen LogP contribution < -0.4 is 5.32 Å². The van der Waals surface area contributed by atoms with E-state index in [4.69, 9.17) is 0 Å². The van der Waals surface area contributed by atoms with Gasteiger partial charge in [0.25, 0.3) is 5.91 Å². The van der Waals surface area contributed by atoms with Gasteiger partial charge in [-0.15, -0.1) is 0 Å². The molecule has 0 aromatic heterocycles. The maximum Gasteiger partial charge on any atom is 0.255 e. The van der Waals surface area contributed by atoms with Gasteiger partial charge in [-0.25, -0.2) is 0 Å². The van der Waals surface area contributed by atoms with Crippen molar-refractivity contribution in [1.29, 1.82) is 0 Å². The molecule has 0 spiro atoms. The summed E-state index contributed by atoms with van der Waals surface area (Å²) in [5.74, 6) is 0.0303. The minimum absolute atomic E-state index is 0.0551. The van der Waals surface area contributed by atoms with Crippen molar-refractivity contribution in [3.05, 3.63) is 23.8 Å². The summed E-state index contributed by atoms with van der Waals surface area (Å²) in [5, 5.41) is 22.8. The molecule has 0 radical (unpaired) electrons. The van der Waals surface area contributed by atoms with Gasteiger partial charge in [0.1, 0.15) is 11.5 Å². The molecular formula is C15H20BrNO3. The van der Waals surface area contributed by atoms with Crippen LogP contribution in [0.2, 0.25) is 0 Å². The lowest BCUT2D eigenvalue weighted by atomic mass is 9.77. The average Bonchev–Trinajstić information content (AvgIpc) is 2.38. The molecule has 5 heteroatoms. The van der Waals surface area contributed by atoms with E-state index in [9.17, 15) is 15.0 Å². The topological polar surface area (TPSA) is 69.6 Å². The monoisotopic (exact) mass is 341 g/mol. The highest BCUT2D eigenvalue weighted by atomic mass is 79.9. The summed E-state index contributed by atoms with van der Waals surface area (Å²) < 4.78 is 0. The molecule has 4 nitrogen and oxygen atoms in total. The Morgan fingerprint density at radius 2 is 2.25 bits per heavy atom. The number of amides is 1. The maximum atomic E-state index is 12.3. The first-order chi connectivity index (χ1) is 9.46. The number of nitrogens with one attached hydrogen (secondary N) is 1. The zero-order chi connectivity index (χ0) is 14.8. The summed E-state index contributed by atoms with van der Waals surface area (Å²) in [5.41, 5.74) is -0.0552. The number of halogens is 1. The van der Waals surface area contributed by atoms with E-state index in [1.165, 1.54) is 24.6 Å². The van der Waals surface area contributed by atoms with Crippen LogP contribution >= 0.6 is 15.9 Å². The molecule has 1 aromatic rings. The quantitative estimate of drug-likeness (QED) is 0.739. The molecule has 2 unspecified atom stereocenters. The standard InChI is InChI=1S/C15H20BrNO3/c1-10-3-2-6-15(8-10,9-16)17-14(20)12-5-4-11(18)7-13(12)19/h4-5,7,10,18-19H,2-3,6,8-9H2,1H3,(H,17,20). The highest BCUT2D eigenvalue weighted by Crippen LogP contribution is 2.34. The zero-order valence-corrected chi connectivity index (χ0v) is 13.1. The third kappa shape index (κ3) is 3.26. The van der Waals surface area contributed by atoms with Crippen molar-refractivity contribution in [2.75, 3.05) is 5.33 Å². The van der Waals surface area contributed by atoms with Gasteiger partial charge in [-0.3, -0.25) is 4.79 Å². The van der Waals surface area contributed by atoms with Gasteiger partial charge in [0, 0.05) is 11.4 Å². The molecule has 3 N–H and O–H groups in total. The first-order valence-corrected chi connectivity index (χ1v) is 7.98. The van der Waals surface area contributed by atoms with Crippen LogP contribution in [0.4, 0.5) is 0 Å². The first-order valence-electron chi connectivity index (χ1n) is 6.86. The van der Waals surface area contributed by atoms with E-state index in [0.29, 0.717) is 11.2 Å². The number of benzene rings is 1. The Bertz CT molecular complexity index is 506. The van der Waals surface area contributed by atoms with Crippen molar-refractivity contribution in [3.63, 3.8) is 0 Å². The van der Waals surface area contributed by atoms with Crippen LogP contribution in [0.3, 0.4) is 0 Å². The molecule has 0 aliphatic heterocycles. The Balaban J connectivity index is 2.16. The molecule has 1 aromatic carbocycles. The minimum Gasteiger partial charge on any atom is -0.508 e. The fourth-order valence-corrected chi connectivity index (χ4v) is 3.60. The number of aromatic hydroxyl groups is 2. The molecule has 2 atom stereocenters. The molecule has 1 saturated carbocycles. The molecule has 1 fully saturated rings. The van der Waals surface area contributed by atoms with Crippen LogP contribution in [-0.4, -0.2) is 27.0 Å². The number of hydrogen-bond acceptors (Lipinski definition) is 3. The highest BCUT2D eigenvalue weighted by molar-refractivity contribution is 9.09. The lowest BCUT2D eigenvalue weighted by Crippen LogP contribution is -2.52. The minimum atomic E-state index is -0.295. The summed E-state index contributed by atoms with van der Waals surface area (Å²) in [6.07, 6.45) is 4.15. The highest BCUT2D eigenvalue weighted by Gasteiger charge is 2.35. The van der Waals surface area contributed by atoms with E-state index >= 15 is 0 Å². The SMILES string of the molecule is CC1CCCC(CBr)(NC(=O)c2ccc(O)cc2O)C1. The average molecular weight is 342 g/mol. The Kier molecular flexibility index (Phi) is 4.58. The molecule has 110 valence electrons. The lowest BCUT2D eigenvalue weighted by Gasteiger charge is -2.39. The Morgan fingerprint density at radius 3 is 2.85 bits per heavy atom. The van der Waals surface area contributed by atoms with Crippen LogP contribution in [0.25, 0.3) is 0 Å². The van der Waals surface area contributed by atoms with E-state index in [2.05, 4.69) is 28.2 Å². The molecule has 0 saturated heterocycles. The Morgan fingerprint density at radius 1 is 1.50 bits per heavy atom. The summed E-state index contributed by atoms with van der Waals surface area (Å²) in [7, 11) is 0. The van der Waals surface area contributed by atoms with E-state index in [1.807, 2.05) is 0 Å². The van der Waals surface area contributed by atoms with Gasteiger partial charge in [0.05, 0.1) is 11.1 Å². The van der Waals surface area contributed by atoms with Gasteiger partial charge in [0.2, 0.25) is 0 Å². The number of phenols is 2. The third-order valence-corrected chi connectivity index (χ3v) is 5.03. The van der Waals surface area contributed by atoms with Crippen molar-refractivity contribution in [2.45, 2.75) is 38.1 Å². The largest absolute Gasteiger partial charge is 0.508 e. The fourth-order valence-electron chi connectivity index (χ4n) is 2.95. The maximum absolute atomic E-state index is 12.3. The number of phenolic OH excluding ortho intramolecular Hbond substituents is 2. The van der Waals surface area contributed by atoms with Gasteiger partial charge in [0.15, 0.2) is 0 Å². The Hall–Kier alpha value is -1.23. The van der Waals surface area contributed by atoms with E-state index in [1.54, 1.807) is 0 Å². The fraction of sp³-hybridized carbons (Fsp3) is 0.533. The lowest BCUT2D eigenvalue weighted by molar-refractivity contribution is 0.0867. The summed E-state index contributed by atoms with van der Waals surface area (Å²) in [6.45, 7) is 2.20. The van der Waals surface area contributed by atoms with Crippen molar-refractivity contribution in [1.82, 2.24) is 5.32 Å². The Labute approximate surface area is 127 Å². The first kappa shape index (κ1) is 15.2. The van der Waals surface area contributed by atoms with Crippen molar-refractivity contribution >= 4 is 21.8 Å². The smallest absolute Gasteiger partial charge is 0.255 e. The molecule has 1 aliphatic carbocycles. The molecule has 2 rings (SSSR count). The summed E-state index contributed by atoms with van der Waals surface area (Å²) in [4.78, 5) is 12.3. The number of rotatable bonds is 3. The zero-order valence-electron chi connectivity index (χ0n) is 11.5. The van der Waals surface area contributed by atoms with Crippen molar-refractivity contribution in [2.24, 2.45) is 5.92 Å². The van der Waals surface area contributed by atoms with Gasteiger partial charge in [-0.2, -0.15) is 0 Å². The third-order valence-electron chi connectivity index (χ3n) is 3.95. The molecular weight excluding hydrogens is 322 g/mol. The van der Waals surface area contributed by atoms with Crippen molar-refractivity contribution in [3.8, 4) is 11.5 Å². The van der Waals surface area contributed by atoms with Crippen molar-refractivity contribution < 1.29 is 15.0 Å². The number of alkyl halides is 1. The molecule has 0 bridgehead atoms. The van der Waals surface area contributed by atoms with Gasteiger partial charge < -0.3 is 15.5 Å². The second kappa shape index (κ2) is 6.04. The second-order valence-electron chi connectivity index (χ2n) is 5.77. The predicted molar refractivity (Wildman–Crippen MR) is 81.4 cm³/mol. The summed E-state index contributed by atoms with van der Waals surface area (Å²) >= 11 is 3.51. The van der Waals surface area contributed by atoms with Gasteiger partial charge in [-0.1, -0.05) is 35.7 Å². The molecule has 1 amide bonds. The van der Waals surface area contributed by atoms with E-state index in [-0.39, 0.29) is 28.5 Å². The molecule has 1 aliphatic rings.